The molecule has 31 heavy (non-hydrogen) atoms. The fraction of sp³-hybridized carbons (Fsp3) is 0.0435. The minimum atomic E-state index is -3.75. The second kappa shape index (κ2) is 8.85. The standard InChI is InChI=1S/C23H20N4O3S/c1-30-21-14-12-18(13-15-21)23-19(17-27(25-23)20-8-4-2-5-9-20)16-24-26-31(28,29)22-10-6-3-7-11-22/h2-17,26H,1H3. The molecule has 4 aromatic rings. The number of benzene rings is 3. The van der Waals surface area contributed by atoms with Crippen LogP contribution >= 0.6 is 0 Å². The lowest BCUT2D eigenvalue weighted by Gasteiger charge is -2.03. The first-order valence-electron chi connectivity index (χ1n) is 9.46. The third-order valence-electron chi connectivity index (χ3n) is 4.56. The van der Waals surface area contributed by atoms with Crippen molar-refractivity contribution >= 4 is 16.2 Å². The van der Waals surface area contributed by atoms with Gasteiger partial charge in [0.05, 0.1) is 23.9 Å². The van der Waals surface area contributed by atoms with Crippen molar-refractivity contribution in [3.05, 3.63) is 96.7 Å². The van der Waals surface area contributed by atoms with Gasteiger partial charge in [0.25, 0.3) is 10.0 Å². The lowest BCUT2D eigenvalue weighted by molar-refractivity contribution is 0.415. The first-order valence-corrected chi connectivity index (χ1v) is 10.9. The van der Waals surface area contributed by atoms with E-state index in [4.69, 9.17) is 4.74 Å². The highest BCUT2D eigenvalue weighted by molar-refractivity contribution is 7.89. The van der Waals surface area contributed by atoms with Gasteiger partial charge >= 0.3 is 0 Å². The largest absolute Gasteiger partial charge is 0.497 e. The molecular weight excluding hydrogens is 412 g/mol. The summed E-state index contributed by atoms with van der Waals surface area (Å²) in [6.45, 7) is 0. The predicted octanol–water partition coefficient (Wildman–Crippen LogP) is 3.86. The fourth-order valence-electron chi connectivity index (χ4n) is 2.99. The summed E-state index contributed by atoms with van der Waals surface area (Å²) in [6, 6.07) is 25.2. The van der Waals surface area contributed by atoms with Crippen molar-refractivity contribution in [2.45, 2.75) is 4.90 Å². The number of hydrazone groups is 1. The monoisotopic (exact) mass is 432 g/mol. The van der Waals surface area contributed by atoms with E-state index in [-0.39, 0.29) is 4.90 Å². The topological polar surface area (TPSA) is 85.6 Å². The molecule has 1 aromatic heterocycles. The lowest BCUT2D eigenvalue weighted by Crippen LogP contribution is -2.18. The Morgan fingerprint density at radius 2 is 1.58 bits per heavy atom. The molecular formula is C23H20N4O3S. The summed E-state index contributed by atoms with van der Waals surface area (Å²) in [5.41, 5.74) is 3.04. The number of methoxy groups -OCH3 is 1. The Kier molecular flexibility index (Phi) is 5.81. The van der Waals surface area contributed by atoms with Crippen molar-refractivity contribution in [2.24, 2.45) is 5.10 Å². The minimum Gasteiger partial charge on any atom is -0.497 e. The maximum Gasteiger partial charge on any atom is 0.276 e. The van der Waals surface area contributed by atoms with Gasteiger partial charge in [-0.05, 0) is 48.5 Å². The number of hydrogen-bond acceptors (Lipinski definition) is 5. The number of hydrogen-bond donors (Lipinski definition) is 1. The van der Waals surface area contributed by atoms with Crippen molar-refractivity contribution in [1.29, 1.82) is 0 Å². The van der Waals surface area contributed by atoms with Gasteiger partial charge in [-0.2, -0.15) is 18.6 Å². The molecule has 0 fully saturated rings. The van der Waals surface area contributed by atoms with Crippen LogP contribution in [0.1, 0.15) is 5.56 Å². The zero-order chi connectivity index (χ0) is 21.7. The van der Waals surface area contributed by atoms with Gasteiger partial charge in [-0.1, -0.05) is 36.4 Å². The van der Waals surface area contributed by atoms with Crippen LogP contribution in [0, 0.1) is 0 Å². The SMILES string of the molecule is COc1ccc(-c2nn(-c3ccccc3)cc2C=NNS(=O)(=O)c2ccccc2)cc1. The third-order valence-corrected chi connectivity index (χ3v) is 5.80. The van der Waals surface area contributed by atoms with Gasteiger partial charge < -0.3 is 4.74 Å². The highest BCUT2D eigenvalue weighted by atomic mass is 32.2. The van der Waals surface area contributed by atoms with E-state index < -0.39 is 10.0 Å². The molecule has 0 aliphatic heterocycles. The molecule has 0 saturated heterocycles. The van der Waals surface area contributed by atoms with Crippen LogP contribution in [0.4, 0.5) is 0 Å². The van der Waals surface area contributed by atoms with Crippen molar-refractivity contribution in [3.8, 4) is 22.7 Å². The van der Waals surface area contributed by atoms with Crippen LogP contribution in [0.5, 0.6) is 5.75 Å². The van der Waals surface area contributed by atoms with Crippen LogP contribution in [0.3, 0.4) is 0 Å². The number of nitrogens with one attached hydrogen (secondary N) is 1. The van der Waals surface area contributed by atoms with E-state index in [2.05, 4.69) is 15.0 Å². The molecule has 1 N–H and O–H groups in total. The molecule has 0 bridgehead atoms. The van der Waals surface area contributed by atoms with E-state index in [9.17, 15) is 8.42 Å². The minimum absolute atomic E-state index is 0.141. The number of para-hydroxylation sites is 1. The van der Waals surface area contributed by atoms with Crippen LogP contribution in [-0.2, 0) is 10.0 Å². The Bertz CT molecular complexity index is 1280. The zero-order valence-corrected chi connectivity index (χ0v) is 17.5. The predicted molar refractivity (Wildman–Crippen MR) is 120 cm³/mol. The molecule has 0 spiro atoms. The second-order valence-corrected chi connectivity index (χ2v) is 8.27. The molecule has 0 radical (unpaired) electrons. The zero-order valence-electron chi connectivity index (χ0n) is 16.7. The normalized spacial score (nSPS) is 11.5. The average molecular weight is 433 g/mol. The summed E-state index contributed by atoms with van der Waals surface area (Å²) in [5, 5.41) is 8.66. The van der Waals surface area contributed by atoms with Crippen LogP contribution in [0.15, 0.2) is 101 Å². The van der Waals surface area contributed by atoms with E-state index in [0.717, 1.165) is 17.0 Å². The van der Waals surface area contributed by atoms with Crippen LogP contribution in [-0.4, -0.2) is 31.5 Å². The maximum atomic E-state index is 12.4. The van der Waals surface area contributed by atoms with E-state index >= 15 is 0 Å². The smallest absolute Gasteiger partial charge is 0.276 e. The van der Waals surface area contributed by atoms with Crippen LogP contribution < -0.4 is 9.57 Å². The molecule has 0 aliphatic rings. The van der Waals surface area contributed by atoms with E-state index in [1.165, 1.54) is 18.3 Å². The summed E-state index contributed by atoms with van der Waals surface area (Å²) >= 11 is 0. The summed E-state index contributed by atoms with van der Waals surface area (Å²) in [5.74, 6) is 0.733. The second-order valence-electron chi connectivity index (χ2n) is 6.61. The van der Waals surface area contributed by atoms with Crippen molar-refractivity contribution in [3.63, 3.8) is 0 Å². The number of ether oxygens (including phenoxy) is 1. The number of rotatable bonds is 7. The van der Waals surface area contributed by atoms with Gasteiger partial charge in [-0.25, -0.2) is 9.51 Å². The Morgan fingerprint density at radius 1 is 0.935 bits per heavy atom. The molecule has 0 unspecified atom stereocenters. The molecule has 0 amide bonds. The van der Waals surface area contributed by atoms with E-state index in [0.29, 0.717) is 11.3 Å². The molecule has 0 saturated carbocycles. The van der Waals surface area contributed by atoms with Gasteiger partial charge in [-0.3, -0.25) is 0 Å². The van der Waals surface area contributed by atoms with Gasteiger partial charge in [0.15, 0.2) is 0 Å². The van der Waals surface area contributed by atoms with Gasteiger partial charge in [0.1, 0.15) is 11.4 Å². The molecule has 7 nitrogen and oxygen atoms in total. The van der Waals surface area contributed by atoms with Crippen molar-refractivity contribution in [2.75, 3.05) is 7.11 Å². The summed E-state index contributed by atoms with van der Waals surface area (Å²) in [4.78, 5) is 2.40. The van der Waals surface area contributed by atoms with Crippen molar-refractivity contribution < 1.29 is 13.2 Å². The first kappa shape index (κ1) is 20.4. The lowest BCUT2D eigenvalue weighted by atomic mass is 10.1. The molecule has 3 aromatic carbocycles. The van der Waals surface area contributed by atoms with Gasteiger partial charge in [0.2, 0.25) is 0 Å². The fourth-order valence-corrected chi connectivity index (χ4v) is 3.80. The highest BCUT2D eigenvalue weighted by Gasteiger charge is 2.14. The van der Waals surface area contributed by atoms with Crippen LogP contribution in [0.25, 0.3) is 16.9 Å². The average Bonchev–Trinajstić information content (AvgIpc) is 3.24. The molecule has 0 aliphatic carbocycles. The van der Waals surface area contributed by atoms with E-state index in [1.54, 1.807) is 36.2 Å². The maximum absolute atomic E-state index is 12.4. The molecule has 4 rings (SSSR count). The first-order chi connectivity index (χ1) is 15.1. The number of aromatic nitrogens is 2. The van der Waals surface area contributed by atoms with Crippen LogP contribution in [0.2, 0.25) is 0 Å². The molecule has 8 heteroatoms. The Balaban J connectivity index is 1.68. The third kappa shape index (κ3) is 4.65. The molecule has 156 valence electrons. The number of nitrogens with zero attached hydrogens (tertiary/aromatic N) is 3. The quantitative estimate of drug-likeness (QED) is 0.355. The summed E-state index contributed by atoms with van der Waals surface area (Å²) in [6.07, 6.45) is 3.25. The Labute approximate surface area is 180 Å². The Morgan fingerprint density at radius 3 is 2.23 bits per heavy atom. The Hall–Kier alpha value is -3.91. The highest BCUT2D eigenvalue weighted by Crippen LogP contribution is 2.25. The number of sulfonamides is 1. The summed E-state index contributed by atoms with van der Waals surface area (Å²) < 4.78 is 31.8. The molecule has 1 heterocycles. The summed E-state index contributed by atoms with van der Waals surface area (Å²) in [7, 11) is -2.15. The molecule has 0 atom stereocenters. The van der Waals surface area contributed by atoms with Gasteiger partial charge in [0, 0.05) is 17.3 Å². The van der Waals surface area contributed by atoms with Crippen molar-refractivity contribution in [1.82, 2.24) is 14.6 Å². The van der Waals surface area contributed by atoms with E-state index in [1.807, 2.05) is 54.6 Å². The van der Waals surface area contributed by atoms with Gasteiger partial charge in [-0.15, -0.1) is 0 Å².